The molecule has 0 radical (unpaired) electrons. The molecule has 1 amide bonds. The maximum Gasteiger partial charge on any atom is 0.222 e. The van der Waals surface area contributed by atoms with Crippen LogP contribution in [-0.4, -0.2) is 18.0 Å². The van der Waals surface area contributed by atoms with Crippen LogP contribution in [0.25, 0.3) is 0 Å². The molecule has 0 fully saturated rings. The number of methoxy groups -OCH3 is 1. The first-order valence-corrected chi connectivity index (χ1v) is 6.19. The van der Waals surface area contributed by atoms with Crippen molar-refractivity contribution in [2.45, 2.75) is 6.92 Å². The van der Waals surface area contributed by atoms with Gasteiger partial charge in [0.15, 0.2) is 17.4 Å². The zero-order valence-electron chi connectivity index (χ0n) is 11.7. The number of pyridine rings is 1. The van der Waals surface area contributed by atoms with E-state index in [-0.39, 0.29) is 17.5 Å². The number of aromatic nitrogens is 1. The number of carbonyl (C=O) groups excluding carboxylic acids is 1. The zero-order chi connectivity index (χ0) is 15.2. The number of nitrogens with one attached hydrogen (secondary N) is 1. The molecular formula is C14H15N5O2. The fraction of sp³-hybridized carbons (Fsp3) is 0.143. The van der Waals surface area contributed by atoms with Gasteiger partial charge in [0, 0.05) is 13.0 Å². The Morgan fingerprint density at radius 1 is 1.29 bits per heavy atom. The average molecular weight is 285 g/mol. The Hall–Kier alpha value is -2.96. The van der Waals surface area contributed by atoms with Gasteiger partial charge in [-0.15, -0.1) is 5.11 Å². The van der Waals surface area contributed by atoms with Gasteiger partial charge >= 0.3 is 0 Å². The lowest BCUT2D eigenvalue weighted by Crippen LogP contribution is -2.09. The fourth-order valence-corrected chi connectivity index (χ4v) is 1.60. The van der Waals surface area contributed by atoms with Crippen molar-refractivity contribution < 1.29 is 9.53 Å². The van der Waals surface area contributed by atoms with Crippen LogP contribution in [0.5, 0.6) is 5.75 Å². The molecule has 0 saturated carbocycles. The first kappa shape index (κ1) is 14.4. The summed E-state index contributed by atoms with van der Waals surface area (Å²) >= 11 is 0. The number of nitrogens with two attached hydrogens (primary N) is 1. The van der Waals surface area contributed by atoms with E-state index < -0.39 is 0 Å². The van der Waals surface area contributed by atoms with Crippen molar-refractivity contribution >= 4 is 28.9 Å². The number of hydrogen-bond acceptors (Lipinski definition) is 6. The largest absolute Gasteiger partial charge is 0.493 e. The molecule has 0 saturated heterocycles. The summed E-state index contributed by atoms with van der Waals surface area (Å²) in [6.45, 7) is 1.38. The van der Waals surface area contributed by atoms with Crippen LogP contribution in [-0.2, 0) is 4.79 Å². The van der Waals surface area contributed by atoms with Gasteiger partial charge in [-0.1, -0.05) is 18.2 Å². The van der Waals surface area contributed by atoms with E-state index in [2.05, 4.69) is 20.5 Å². The highest BCUT2D eigenvalue weighted by molar-refractivity contribution is 5.90. The van der Waals surface area contributed by atoms with E-state index in [1.165, 1.54) is 14.0 Å². The minimum atomic E-state index is -0.265. The van der Waals surface area contributed by atoms with Gasteiger partial charge in [0.1, 0.15) is 5.69 Å². The van der Waals surface area contributed by atoms with Gasteiger partial charge in [-0.3, -0.25) is 4.79 Å². The highest BCUT2D eigenvalue weighted by atomic mass is 16.5. The van der Waals surface area contributed by atoms with E-state index in [9.17, 15) is 4.79 Å². The monoisotopic (exact) mass is 285 g/mol. The van der Waals surface area contributed by atoms with Crippen LogP contribution >= 0.6 is 0 Å². The Labute approximate surface area is 121 Å². The minimum absolute atomic E-state index is 0.152. The molecule has 3 N–H and O–H groups in total. The molecule has 0 aliphatic rings. The quantitative estimate of drug-likeness (QED) is 0.843. The van der Waals surface area contributed by atoms with Crippen molar-refractivity contribution in [1.29, 1.82) is 0 Å². The predicted molar refractivity (Wildman–Crippen MR) is 80.1 cm³/mol. The van der Waals surface area contributed by atoms with E-state index >= 15 is 0 Å². The molecule has 108 valence electrons. The smallest absolute Gasteiger partial charge is 0.222 e. The number of benzene rings is 1. The molecule has 1 aromatic carbocycles. The maximum atomic E-state index is 11.1. The number of ether oxygens (including phenoxy) is 1. The molecule has 1 heterocycles. The van der Waals surface area contributed by atoms with Crippen molar-refractivity contribution in [1.82, 2.24) is 4.98 Å². The van der Waals surface area contributed by atoms with Gasteiger partial charge in [-0.05, 0) is 12.1 Å². The second-order valence-corrected chi connectivity index (χ2v) is 4.16. The predicted octanol–water partition coefficient (Wildman–Crippen LogP) is 3.05. The summed E-state index contributed by atoms with van der Waals surface area (Å²) in [6, 6.07) is 10.8. The van der Waals surface area contributed by atoms with Crippen LogP contribution in [0.15, 0.2) is 46.6 Å². The van der Waals surface area contributed by atoms with Crippen molar-refractivity contribution in [2.75, 3.05) is 18.2 Å². The third-order valence-electron chi connectivity index (χ3n) is 2.54. The summed E-state index contributed by atoms with van der Waals surface area (Å²) in [5.41, 5.74) is 6.87. The highest BCUT2D eigenvalue weighted by Gasteiger charge is 2.11. The third kappa shape index (κ3) is 3.75. The Balaban J connectivity index is 2.32. The van der Waals surface area contributed by atoms with Crippen LogP contribution in [0.1, 0.15) is 6.92 Å². The van der Waals surface area contributed by atoms with Gasteiger partial charge in [-0.2, -0.15) is 5.11 Å². The van der Waals surface area contributed by atoms with Gasteiger partial charge in [-0.25, -0.2) is 4.98 Å². The number of hydrogen-bond donors (Lipinski definition) is 2. The minimum Gasteiger partial charge on any atom is -0.493 e. The van der Waals surface area contributed by atoms with Crippen LogP contribution in [0.3, 0.4) is 0 Å². The molecule has 1 aromatic heterocycles. The normalized spacial score (nSPS) is 10.6. The Bertz CT molecular complexity index is 671. The lowest BCUT2D eigenvalue weighted by atomic mass is 10.3. The summed E-state index contributed by atoms with van der Waals surface area (Å²) in [6.07, 6.45) is 0. The highest BCUT2D eigenvalue weighted by Crippen LogP contribution is 2.32. The average Bonchev–Trinajstić information content (AvgIpc) is 2.47. The SMILES string of the molecule is COc1cc(/N=N/c2ccccc2)c(N)nc1NC(C)=O. The number of azo groups is 1. The first-order chi connectivity index (χ1) is 10.1. The number of carbonyl (C=O) groups is 1. The lowest BCUT2D eigenvalue weighted by Gasteiger charge is -2.09. The van der Waals surface area contributed by atoms with Gasteiger partial charge in [0.2, 0.25) is 5.91 Å². The molecule has 7 nitrogen and oxygen atoms in total. The van der Waals surface area contributed by atoms with Crippen molar-refractivity contribution in [2.24, 2.45) is 10.2 Å². The Kier molecular flexibility index (Phi) is 4.45. The third-order valence-corrected chi connectivity index (χ3v) is 2.54. The molecule has 0 spiro atoms. The molecular weight excluding hydrogens is 270 g/mol. The summed E-state index contributed by atoms with van der Waals surface area (Å²) in [5.74, 6) is 0.501. The second-order valence-electron chi connectivity index (χ2n) is 4.16. The van der Waals surface area contributed by atoms with Crippen LogP contribution < -0.4 is 15.8 Å². The molecule has 0 aliphatic heterocycles. The maximum absolute atomic E-state index is 11.1. The molecule has 2 aromatic rings. The van der Waals surface area contributed by atoms with E-state index in [4.69, 9.17) is 10.5 Å². The zero-order valence-corrected chi connectivity index (χ0v) is 11.7. The Morgan fingerprint density at radius 3 is 2.62 bits per heavy atom. The number of nitrogen functional groups attached to an aromatic ring is 1. The molecule has 0 bridgehead atoms. The topological polar surface area (TPSA) is 102 Å². The molecule has 0 atom stereocenters. The van der Waals surface area contributed by atoms with Gasteiger partial charge in [0.05, 0.1) is 12.8 Å². The molecule has 21 heavy (non-hydrogen) atoms. The second kappa shape index (κ2) is 6.47. The summed E-state index contributed by atoms with van der Waals surface area (Å²) in [7, 11) is 1.47. The van der Waals surface area contributed by atoms with Crippen LogP contribution in [0.4, 0.5) is 23.0 Å². The van der Waals surface area contributed by atoms with E-state index in [1.807, 2.05) is 30.3 Å². The standard InChI is InChI=1S/C14H15N5O2/c1-9(20)16-14-12(21-2)8-11(13(15)17-14)19-18-10-6-4-3-5-7-10/h3-8H,1-2H3,(H3,15,16,17,20)/b19-18+. The van der Waals surface area contributed by atoms with Crippen molar-refractivity contribution in [3.05, 3.63) is 36.4 Å². The first-order valence-electron chi connectivity index (χ1n) is 6.19. The molecule has 0 unspecified atom stereocenters. The van der Waals surface area contributed by atoms with E-state index in [0.717, 1.165) is 0 Å². The lowest BCUT2D eigenvalue weighted by molar-refractivity contribution is -0.114. The summed E-state index contributed by atoms with van der Waals surface area (Å²) in [4.78, 5) is 15.2. The number of nitrogens with zero attached hydrogens (tertiary/aromatic N) is 3. The van der Waals surface area contributed by atoms with Crippen LogP contribution in [0.2, 0.25) is 0 Å². The molecule has 2 rings (SSSR count). The van der Waals surface area contributed by atoms with Crippen molar-refractivity contribution in [3.8, 4) is 5.75 Å². The number of rotatable bonds is 4. The van der Waals surface area contributed by atoms with Crippen LogP contribution in [0, 0.1) is 0 Å². The summed E-state index contributed by atoms with van der Waals surface area (Å²) in [5, 5.41) is 10.7. The fourth-order valence-electron chi connectivity index (χ4n) is 1.60. The molecule has 7 heteroatoms. The van der Waals surface area contributed by atoms with E-state index in [1.54, 1.807) is 6.07 Å². The Morgan fingerprint density at radius 2 is 2.00 bits per heavy atom. The number of amides is 1. The van der Waals surface area contributed by atoms with Gasteiger partial charge < -0.3 is 15.8 Å². The van der Waals surface area contributed by atoms with Crippen molar-refractivity contribution in [3.63, 3.8) is 0 Å². The number of anilines is 2. The van der Waals surface area contributed by atoms with Gasteiger partial charge in [0.25, 0.3) is 0 Å². The summed E-state index contributed by atoms with van der Waals surface area (Å²) < 4.78 is 5.16. The van der Waals surface area contributed by atoms with E-state index in [0.29, 0.717) is 17.1 Å². The molecule has 0 aliphatic carbocycles.